The smallest absolute Gasteiger partial charge is 0.335 e. The first-order valence-corrected chi connectivity index (χ1v) is 8.04. The molecular weight excluding hydrogens is 320 g/mol. The Morgan fingerprint density at radius 3 is 2.44 bits per heavy atom. The van der Waals surface area contributed by atoms with Crippen LogP contribution in [-0.2, 0) is 19.6 Å². The fourth-order valence-electron chi connectivity index (χ4n) is 2.45. The predicted molar refractivity (Wildman–Crippen MR) is 95.2 cm³/mol. The molecular formula is C20H22O5. The molecule has 0 spiro atoms. The number of aliphatic hydroxyl groups is 1. The quantitative estimate of drug-likeness (QED) is 0.681. The van der Waals surface area contributed by atoms with E-state index in [-0.39, 0.29) is 18.8 Å². The normalized spacial score (nSPS) is 10.3. The first-order chi connectivity index (χ1) is 12.1. The summed E-state index contributed by atoms with van der Waals surface area (Å²) in [5.74, 6) is 0.230. The average Bonchev–Trinajstić information content (AvgIpc) is 2.61. The van der Waals surface area contributed by atoms with Crippen molar-refractivity contribution in [2.24, 2.45) is 0 Å². The van der Waals surface area contributed by atoms with Crippen LogP contribution in [-0.4, -0.2) is 22.8 Å². The summed E-state index contributed by atoms with van der Waals surface area (Å²) in [7, 11) is 0. The van der Waals surface area contributed by atoms with Gasteiger partial charge in [-0.25, -0.2) is 4.79 Å². The molecule has 0 fully saturated rings. The lowest BCUT2D eigenvalue weighted by Gasteiger charge is -2.17. The second-order valence-electron chi connectivity index (χ2n) is 5.46. The van der Waals surface area contributed by atoms with Crippen LogP contribution in [0.1, 0.15) is 34.0 Å². The lowest BCUT2D eigenvalue weighted by Crippen LogP contribution is -2.04. The molecule has 2 aromatic carbocycles. The number of rotatable bonds is 9. The third-order valence-corrected chi connectivity index (χ3v) is 3.62. The van der Waals surface area contributed by atoms with Crippen molar-refractivity contribution in [2.45, 2.75) is 26.6 Å². The van der Waals surface area contributed by atoms with Crippen LogP contribution in [0.25, 0.3) is 0 Å². The van der Waals surface area contributed by atoms with Crippen molar-refractivity contribution in [3.63, 3.8) is 0 Å². The number of ether oxygens (including phenoxy) is 2. The van der Waals surface area contributed by atoms with E-state index in [1.54, 1.807) is 36.4 Å². The highest BCUT2D eigenvalue weighted by Gasteiger charge is 2.13. The third kappa shape index (κ3) is 4.84. The maximum Gasteiger partial charge on any atom is 0.335 e. The largest absolute Gasteiger partial charge is 0.490 e. The molecule has 0 bridgehead atoms. The van der Waals surface area contributed by atoms with Gasteiger partial charge in [0.05, 0.1) is 18.8 Å². The summed E-state index contributed by atoms with van der Waals surface area (Å²) in [6, 6.07) is 10.2. The molecule has 0 radical (unpaired) electrons. The van der Waals surface area contributed by atoms with Crippen LogP contribution in [0.3, 0.4) is 0 Å². The molecule has 5 heteroatoms. The van der Waals surface area contributed by atoms with Crippen LogP contribution in [0.15, 0.2) is 49.1 Å². The Morgan fingerprint density at radius 1 is 1.16 bits per heavy atom. The highest BCUT2D eigenvalue weighted by Crippen LogP contribution is 2.34. The Hall–Kier alpha value is -2.79. The van der Waals surface area contributed by atoms with Gasteiger partial charge in [0.15, 0.2) is 11.5 Å². The SMILES string of the molecule is C=CCc1cc(CO)cc(OCC)c1OCc1ccc(C(=O)O)cc1. The molecule has 132 valence electrons. The van der Waals surface area contributed by atoms with Crippen molar-refractivity contribution in [1.82, 2.24) is 0 Å². The fraction of sp³-hybridized carbons (Fsp3) is 0.250. The van der Waals surface area contributed by atoms with Crippen molar-refractivity contribution in [3.05, 3.63) is 71.3 Å². The fourth-order valence-corrected chi connectivity index (χ4v) is 2.45. The maximum absolute atomic E-state index is 10.9. The Kier molecular flexibility index (Phi) is 6.60. The van der Waals surface area contributed by atoms with Gasteiger partial charge in [-0.1, -0.05) is 18.2 Å². The predicted octanol–water partition coefficient (Wildman–Crippen LogP) is 3.58. The van der Waals surface area contributed by atoms with E-state index in [2.05, 4.69) is 6.58 Å². The summed E-state index contributed by atoms with van der Waals surface area (Å²) in [4.78, 5) is 10.9. The number of allylic oxidation sites excluding steroid dienone is 1. The highest BCUT2D eigenvalue weighted by molar-refractivity contribution is 5.87. The van der Waals surface area contributed by atoms with E-state index in [1.807, 2.05) is 13.0 Å². The molecule has 25 heavy (non-hydrogen) atoms. The van der Waals surface area contributed by atoms with Gasteiger partial charge in [-0.15, -0.1) is 6.58 Å². The number of benzene rings is 2. The third-order valence-electron chi connectivity index (χ3n) is 3.62. The lowest BCUT2D eigenvalue weighted by molar-refractivity contribution is 0.0697. The Balaban J connectivity index is 2.26. The molecule has 2 rings (SSSR count). The Labute approximate surface area is 147 Å². The van der Waals surface area contributed by atoms with E-state index in [0.29, 0.717) is 24.5 Å². The van der Waals surface area contributed by atoms with Crippen molar-refractivity contribution in [1.29, 1.82) is 0 Å². The molecule has 0 saturated carbocycles. The van der Waals surface area contributed by atoms with Gasteiger partial charge in [-0.05, 0) is 48.7 Å². The van der Waals surface area contributed by atoms with Gasteiger partial charge in [0, 0.05) is 5.56 Å². The van der Waals surface area contributed by atoms with Crippen LogP contribution in [0.4, 0.5) is 0 Å². The second-order valence-corrected chi connectivity index (χ2v) is 5.46. The van der Waals surface area contributed by atoms with Crippen molar-refractivity contribution in [3.8, 4) is 11.5 Å². The number of hydrogen-bond donors (Lipinski definition) is 2. The Morgan fingerprint density at radius 2 is 1.88 bits per heavy atom. The van der Waals surface area contributed by atoms with Crippen LogP contribution in [0.5, 0.6) is 11.5 Å². The molecule has 2 N–H and O–H groups in total. The van der Waals surface area contributed by atoms with E-state index in [9.17, 15) is 9.90 Å². The first-order valence-electron chi connectivity index (χ1n) is 8.04. The standard InChI is InChI=1S/C20H22O5/c1-3-5-17-10-15(12-21)11-18(24-4-2)19(17)25-13-14-6-8-16(9-7-14)20(22)23/h3,6-11,21H,1,4-5,12-13H2,2H3,(H,22,23). The highest BCUT2D eigenvalue weighted by atomic mass is 16.5. The average molecular weight is 342 g/mol. The van der Waals surface area contributed by atoms with Gasteiger partial charge in [0.2, 0.25) is 0 Å². The van der Waals surface area contributed by atoms with E-state index in [1.165, 1.54) is 0 Å². The van der Waals surface area contributed by atoms with E-state index in [4.69, 9.17) is 14.6 Å². The Bertz CT molecular complexity index is 734. The van der Waals surface area contributed by atoms with Crippen LogP contribution in [0, 0.1) is 0 Å². The van der Waals surface area contributed by atoms with Crippen molar-refractivity contribution < 1.29 is 24.5 Å². The molecule has 0 saturated heterocycles. The van der Waals surface area contributed by atoms with E-state index in [0.717, 1.165) is 16.7 Å². The summed E-state index contributed by atoms with van der Waals surface area (Å²) in [6.45, 7) is 6.32. The minimum atomic E-state index is -0.959. The maximum atomic E-state index is 10.9. The zero-order chi connectivity index (χ0) is 18.2. The molecule has 0 aliphatic rings. The zero-order valence-corrected chi connectivity index (χ0v) is 14.2. The summed E-state index contributed by atoms with van der Waals surface area (Å²) >= 11 is 0. The molecule has 0 atom stereocenters. The molecule has 0 aliphatic heterocycles. The minimum Gasteiger partial charge on any atom is -0.490 e. The number of carbonyl (C=O) groups is 1. The number of hydrogen-bond acceptors (Lipinski definition) is 4. The summed E-state index contributed by atoms with van der Waals surface area (Å²) < 4.78 is 11.6. The minimum absolute atomic E-state index is 0.0822. The van der Waals surface area contributed by atoms with Gasteiger partial charge in [-0.2, -0.15) is 0 Å². The molecule has 0 heterocycles. The van der Waals surface area contributed by atoms with Gasteiger partial charge in [0.1, 0.15) is 6.61 Å². The molecule has 2 aromatic rings. The van der Waals surface area contributed by atoms with Crippen molar-refractivity contribution in [2.75, 3.05) is 6.61 Å². The number of carboxylic acid groups (broad SMARTS) is 1. The monoisotopic (exact) mass is 342 g/mol. The molecule has 0 amide bonds. The zero-order valence-electron chi connectivity index (χ0n) is 14.2. The first kappa shape index (κ1) is 18.5. The van der Waals surface area contributed by atoms with Gasteiger partial charge in [-0.3, -0.25) is 0 Å². The van der Waals surface area contributed by atoms with Crippen LogP contribution >= 0.6 is 0 Å². The van der Waals surface area contributed by atoms with Crippen LogP contribution < -0.4 is 9.47 Å². The van der Waals surface area contributed by atoms with E-state index >= 15 is 0 Å². The second kappa shape index (κ2) is 8.89. The van der Waals surface area contributed by atoms with Crippen molar-refractivity contribution >= 4 is 5.97 Å². The molecule has 0 unspecified atom stereocenters. The van der Waals surface area contributed by atoms with Gasteiger partial charge < -0.3 is 19.7 Å². The summed E-state index contributed by atoms with van der Waals surface area (Å²) in [5.41, 5.74) is 2.72. The molecule has 0 aliphatic carbocycles. The molecule has 5 nitrogen and oxygen atoms in total. The van der Waals surface area contributed by atoms with Gasteiger partial charge in [0.25, 0.3) is 0 Å². The molecule has 0 aromatic heterocycles. The van der Waals surface area contributed by atoms with E-state index < -0.39 is 5.97 Å². The number of aliphatic hydroxyl groups excluding tert-OH is 1. The summed E-state index contributed by atoms with van der Waals surface area (Å²) in [5, 5.41) is 18.4. The van der Waals surface area contributed by atoms with Gasteiger partial charge >= 0.3 is 5.97 Å². The summed E-state index contributed by atoms with van der Waals surface area (Å²) in [6.07, 6.45) is 2.35. The number of aromatic carboxylic acids is 1. The lowest BCUT2D eigenvalue weighted by atomic mass is 10.1. The van der Waals surface area contributed by atoms with Crippen LogP contribution in [0.2, 0.25) is 0 Å². The topological polar surface area (TPSA) is 76.0 Å². The number of carboxylic acids is 1.